The fraction of sp³-hybridized carbons (Fsp3) is 0.867. The van der Waals surface area contributed by atoms with Gasteiger partial charge in [0.1, 0.15) is 0 Å². The van der Waals surface area contributed by atoms with Gasteiger partial charge in [-0.05, 0) is 33.6 Å². The predicted octanol–water partition coefficient (Wildman–Crippen LogP) is 0.158. The van der Waals surface area contributed by atoms with Crippen LogP contribution in [-0.2, 0) is 9.59 Å². The van der Waals surface area contributed by atoms with Gasteiger partial charge in [-0.15, -0.1) is 0 Å². The second kappa shape index (κ2) is 6.12. The highest BCUT2D eigenvalue weighted by molar-refractivity contribution is 6.35. The van der Waals surface area contributed by atoms with E-state index in [1.54, 1.807) is 0 Å². The molecule has 0 saturated carbocycles. The van der Waals surface area contributed by atoms with Crippen LogP contribution in [0.5, 0.6) is 0 Å². The summed E-state index contributed by atoms with van der Waals surface area (Å²) in [6, 6.07) is 0.0577. The zero-order valence-electron chi connectivity index (χ0n) is 13.7. The lowest BCUT2D eigenvalue weighted by Gasteiger charge is -2.43. The van der Waals surface area contributed by atoms with Crippen LogP contribution in [0.2, 0.25) is 0 Å². The molecule has 1 fully saturated rings. The summed E-state index contributed by atoms with van der Waals surface area (Å²) in [5.41, 5.74) is 0.155. The normalized spacial score (nSPS) is 21.6. The standard InChI is InChI=1S/C15H29N3O2/c1-10(2)9-16-12(19)13(20)17-11-7-14(3,4)18-15(5,6)8-11/h10-11,18H,7-9H2,1-6H3,(H,16,19)(H,17,20)/p+1. The third-order valence-electron chi connectivity index (χ3n) is 3.54. The molecule has 0 aromatic heterocycles. The van der Waals surface area contributed by atoms with Crippen molar-refractivity contribution in [1.29, 1.82) is 0 Å². The van der Waals surface area contributed by atoms with Crippen LogP contribution >= 0.6 is 0 Å². The first kappa shape index (κ1) is 17.0. The Labute approximate surface area is 122 Å². The minimum Gasteiger partial charge on any atom is -0.348 e. The molecule has 0 unspecified atom stereocenters. The molecular weight excluding hydrogens is 254 g/mol. The van der Waals surface area contributed by atoms with Crippen molar-refractivity contribution in [3.63, 3.8) is 0 Å². The molecular formula is C15H30N3O2+. The zero-order chi connectivity index (χ0) is 15.6. The van der Waals surface area contributed by atoms with Crippen molar-refractivity contribution in [3.05, 3.63) is 0 Å². The van der Waals surface area contributed by atoms with Crippen molar-refractivity contribution >= 4 is 11.8 Å². The van der Waals surface area contributed by atoms with E-state index in [-0.39, 0.29) is 17.1 Å². The van der Waals surface area contributed by atoms with Gasteiger partial charge in [-0.25, -0.2) is 0 Å². The Morgan fingerprint density at radius 1 is 1.10 bits per heavy atom. The molecule has 5 heteroatoms. The largest absolute Gasteiger partial charge is 0.348 e. The molecule has 0 spiro atoms. The molecule has 2 amide bonds. The van der Waals surface area contributed by atoms with Crippen molar-refractivity contribution in [2.75, 3.05) is 6.54 Å². The van der Waals surface area contributed by atoms with Crippen LogP contribution in [0.3, 0.4) is 0 Å². The van der Waals surface area contributed by atoms with Crippen LogP contribution in [0.1, 0.15) is 54.4 Å². The maximum atomic E-state index is 11.9. The highest BCUT2D eigenvalue weighted by atomic mass is 16.2. The molecule has 0 radical (unpaired) electrons. The molecule has 1 aliphatic heterocycles. The maximum Gasteiger partial charge on any atom is 0.309 e. The number of rotatable bonds is 3. The highest BCUT2D eigenvalue weighted by Gasteiger charge is 2.42. The molecule has 0 aliphatic carbocycles. The van der Waals surface area contributed by atoms with E-state index in [1.165, 1.54) is 0 Å². The number of nitrogens with one attached hydrogen (secondary N) is 2. The van der Waals surface area contributed by atoms with Crippen LogP contribution in [0, 0.1) is 5.92 Å². The van der Waals surface area contributed by atoms with Crippen LogP contribution in [0.15, 0.2) is 0 Å². The first-order valence-electron chi connectivity index (χ1n) is 7.46. The summed E-state index contributed by atoms with van der Waals surface area (Å²) in [4.78, 5) is 23.6. The van der Waals surface area contributed by atoms with Crippen molar-refractivity contribution in [2.24, 2.45) is 5.92 Å². The topological polar surface area (TPSA) is 74.8 Å². The molecule has 0 aromatic rings. The molecule has 4 N–H and O–H groups in total. The van der Waals surface area contributed by atoms with Gasteiger partial charge < -0.3 is 16.0 Å². The molecule has 0 bridgehead atoms. The maximum absolute atomic E-state index is 11.9. The van der Waals surface area contributed by atoms with E-state index in [1.807, 2.05) is 13.8 Å². The van der Waals surface area contributed by atoms with E-state index in [0.29, 0.717) is 12.5 Å². The van der Waals surface area contributed by atoms with Gasteiger partial charge in [-0.2, -0.15) is 0 Å². The summed E-state index contributed by atoms with van der Waals surface area (Å²) >= 11 is 0. The Hall–Kier alpha value is -1.10. The van der Waals surface area contributed by atoms with Gasteiger partial charge in [0.05, 0.1) is 11.1 Å². The predicted molar refractivity (Wildman–Crippen MR) is 79.1 cm³/mol. The number of carbonyl (C=O) groups excluding carboxylic acids is 2. The van der Waals surface area contributed by atoms with Gasteiger partial charge in [0.2, 0.25) is 0 Å². The monoisotopic (exact) mass is 284 g/mol. The Morgan fingerprint density at radius 3 is 2.05 bits per heavy atom. The Bertz CT molecular complexity index is 359. The van der Waals surface area contributed by atoms with Crippen LogP contribution < -0.4 is 16.0 Å². The van der Waals surface area contributed by atoms with Gasteiger partial charge in [0.15, 0.2) is 0 Å². The van der Waals surface area contributed by atoms with E-state index >= 15 is 0 Å². The SMILES string of the molecule is CC(C)CNC(=O)C(=O)NC1CC(C)(C)[NH2+]C(C)(C)C1. The average molecular weight is 284 g/mol. The number of amides is 2. The second-order valence-corrected chi connectivity index (χ2v) is 7.80. The van der Waals surface area contributed by atoms with Crippen LogP contribution in [0.4, 0.5) is 0 Å². The Kier molecular flexibility index (Phi) is 5.19. The van der Waals surface area contributed by atoms with Gasteiger partial charge in [-0.3, -0.25) is 9.59 Å². The lowest BCUT2D eigenvalue weighted by molar-refractivity contribution is -0.787. The smallest absolute Gasteiger partial charge is 0.309 e. The molecule has 116 valence electrons. The molecule has 0 atom stereocenters. The molecule has 1 saturated heterocycles. The average Bonchev–Trinajstić information content (AvgIpc) is 2.20. The minimum atomic E-state index is -0.524. The highest BCUT2D eigenvalue weighted by Crippen LogP contribution is 2.21. The molecule has 1 aliphatic rings. The zero-order valence-corrected chi connectivity index (χ0v) is 13.7. The second-order valence-electron chi connectivity index (χ2n) is 7.80. The number of carbonyl (C=O) groups is 2. The summed E-state index contributed by atoms with van der Waals surface area (Å²) in [7, 11) is 0. The van der Waals surface area contributed by atoms with Crippen molar-refractivity contribution in [1.82, 2.24) is 10.6 Å². The number of hydrogen-bond acceptors (Lipinski definition) is 2. The summed E-state index contributed by atoms with van der Waals surface area (Å²) in [5.74, 6) is -0.693. The fourth-order valence-corrected chi connectivity index (χ4v) is 3.25. The number of nitrogens with two attached hydrogens (primary N) is 1. The summed E-state index contributed by atoms with van der Waals surface area (Å²) in [5, 5.41) is 7.89. The van der Waals surface area contributed by atoms with Crippen LogP contribution in [-0.4, -0.2) is 35.5 Å². The summed E-state index contributed by atoms with van der Waals surface area (Å²) in [6.45, 7) is 13.2. The van der Waals surface area contributed by atoms with E-state index in [0.717, 1.165) is 12.8 Å². The van der Waals surface area contributed by atoms with Gasteiger partial charge in [0.25, 0.3) is 0 Å². The van der Waals surface area contributed by atoms with E-state index in [2.05, 4.69) is 43.6 Å². The van der Waals surface area contributed by atoms with E-state index in [9.17, 15) is 9.59 Å². The van der Waals surface area contributed by atoms with Gasteiger partial charge in [-0.1, -0.05) is 13.8 Å². The number of quaternary nitrogens is 1. The molecule has 1 rings (SSSR count). The minimum absolute atomic E-state index is 0.0577. The third kappa shape index (κ3) is 5.49. The Balaban J connectivity index is 2.55. The first-order valence-corrected chi connectivity index (χ1v) is 7.46. The van der Waals surface area contributed by atoms with Crippen molar-refractivity contribution in [3.8, 4) is 0 Å². The van der Waals surface area contributed by atoms with Crippen LogP contribution in [0.25, 0.3) is 0 Å². The summed E-state index contributed by atoms with van der Waals surface area (Å²) in [6.07, 6.45) is 1.75. The molecule has 0 aromatic carbocycles. The molecule has 20 heavy (non-hydrogen) atoms. The molecule has 5 nitrogen and oxygen atoms in total. The van der Waals surface area contributed by atoms with Crippen molar-refractivity contribution in [2.45, 2.75) is 71.5 Å². The first-order chi connectivity index (χ1) is 9.01. The quantitative estimate of drug-likeness (QED) is 0.646. The fourth-order valence-electron chi connectivity index (χ4n) is 3.25. The molecule has 1 heterocycles. The lowest BCUT2D eigenvalue weighted by Crippen LogP contribution is -3.06. The van der Waals surface area contributed by atoms with Crippen molar-refractivity contribution < 1.29 is 14.9 Å². The van der Waals surface area contributed by atoms with E-state index < -0.39 is 11.8 Å². The Morgan fingerprint density at radius 2 is 1.60 bits per heavy atom. The summed E-state index contributed by atoms with van der Waals surface area (Å²) < 4.78 is 0. The lowest BCUT2D eigenvalue weighted by atomic mass is 9.79. The van der Waals surface area contributed by atoms with Gasteiger partial charge >= 0.3 is 11.8 Å². The number of piperidine rings is 1. The third-order valence-corrected chi connectivity index (χ3v) is 3.54. The number of hydrogen-bond donors (Lipinski definition) is 3. The van der Waals surface area contributed by atoms with E-state index in [4.69, 9.17) is 0 Å². The van der Waals surface area contributed by atoms with Gasteiger partial charge in [0, 0.05) is 25.4 Å².